The molecule has 8 nitrogen and oxygen atoms in total. The number of para-hydroxylation sites is 1. The monoisotopic (exact) mass is 615 g/mol. The summed E-state index contributed by atoms with van der Waals surface area (Å²) in [5.41, 5.74) is 1.66. The number of anilines is 1. The lowest BCUT2D eigenvalue weighted by atomic mass is 10.0. The zero-order valence-electron chi connectivity index (χ0n) is 27.1. The summed E-state index contributed by atoms with van der Waals surface area (Å²) in [7, 11) is 3.40. The van der Waals surface area contributed by atoms with Crippen LogP contribution in [-0.2, 0) is 14.4 Å². The Kier molecular flexibility index (Phi) is 19.6. The number of likely N-dealkylation sites (tertiary alicyclic amines) is 1. The first-order valence-electron chi connectivity index (χ1n) is 14.4. The first kappa shape index (κ1) is 39.6. The minimum atomic E-state index is -0.553. The number of carbonyl (C=O) groups is 3. The predicted molar refractivity (Wildman–Crippen MR) is 175 cm³/mol. The summed E-state index contributed by atoms with van der Waals surface area (Å²) < 4.78 is 15.9. The smallest absolute Gasteiger partial charge is 0.243 e. The average Bonchev–Trinajstić information content (AvgIpc) is 3.41. The number of hydrogen-bond acceptors (Lipinski definition) is 7. The molecular weight excluding hydrogens is 565 g/mol. The van der Waals surface area contributed by atoms with Crippen molar-refractivity contribution >= 4 is 36.2 Å². The number of aldehydes is 1. The van der Waals surface area contributed by atoms with Gasteiger partial charge >= 0.3 is 0 Å². The summed E-state index contributed by atoms with van der Waals surface area (Å²) in [6.07, 6.45) is 1.70. The molecule has 0 aliphatic carbocycles. The van der Waals surface area contributed by atoms with Crippen LogP contribution >= 0.6 is 11.9 Å². The highest BCUT2D eigenvalue weighted by Crippen LogP contribution is 2.21. The minimum Gasteiger partial charge on any atom is -0.388 e. The second kappa shape index (κ2) is 21.3. The molecule has 1 aliphatic rings. The maximum Gasteiger partial charge on any atom is 0.243 e. The van der Waals surface area contributed by atoms with Crippen molar-refractivity contribution in [3.05, 3.63) is 60.4 Å². The van der Waals surface area contributed by atoms with Gasteiger partial charge in [-0.15, -0.1) is 0 Å². The van der Waals surface area contributed by atoms with Gasteiger partial charge in [-0.3, -0.25) is 14.3 Å². The van der Waals surface area contributed by atoms with Gasteiger partial charge in [0.2, 0.25) is 12.3 Å². The van der Waals surface area contributed by atoms with Crippen LogP contribution in [0.3, 0.4) is 0 Å². The van der Waals surface area contributed by atoms with Crippen molar-refractivity contribution in [2.24, 2.45) is 17.3 Å². The number of likely N-dealkylation sites (N-methyl/N-ethyl adjacent to an activating group) is 1. The lowest BCUT2D eigenvalue weighted by Gasteiger charge is -2.21. The van der Waals surface area contributed by atoms with Gasteiger partial charge in [0.1, 0.15) is 18.1 Å². The number of nitrogens with one attached hydrogen (secondary N) is 2. The molecule has 10 heteroatoms. The van der Waals surface area contributed by atoms with Crippen LogP contribution in [0.5, 0.6) is 0 Å². The van der Waals surface area contributed by atoms with Crippen LogP contribution in [0.4, 0.5) is 10.1 Å². The summed E-state index contributed by atoms with van der Waals surface area (Å²) >= 11 is 1.55. The first-order valence-corrected chi connectivity index (χ1v) is 15.2. The fourth-order valence-corrected chi connectivity index (χ4v) is 3.98. The van der Waals surface area contributed by atoms with E-state index in [1.807, 2.05) is 43.4 Å². The van der Waals surface area contributed by atoms with Gasteiger partial charge in [-0.2, -0.15) is 5.26 Å². The Bertz CT molecular complexity index is 1100. The summed E-state index contributed by atoms with van der Waals surface area (Å²) in [6.45, 7) is 15.4. The molecule has 0 spiro atoms. The van der Waals surface area contributed by atoms with Crippen LogP contribution < -0.4 is 10.0 Å². The van der Waals surface area contributed by atoms with E-state index >= 15 is 0 Å². The minimum absolute atomic E-state index is 0.0622. The van der Waals surface area contributed by atoms with Crippen molar-refractivity contribution in [1.29, 1.82) is 5.26 Å². The van der Waals surface area contributed by atoms with E-state index in [9.17, 15) is 18.8 Å². The number of nitrogens with zero attached hydrogens (tertiary/aromatic N) is 3. The Labute approximate surface area is 262 Å². The van der Waals surface area contributed by atoms with Gasteiger partial charge in [0.15, 0.2) is 0 Å². The van der Waals surface area contributed by atoms with Gasteiger partial charge in [-0.05, 0) is 73.0 Å². The largest absolute Gasteiger partial charge is 0.388 e. The van der Waals surface area contributed by atoms with Crippen LogP contribution in [-0.4, -0.2) is 67.7 Å². The molecule has 2 N–H and O–H groups in total. The average molecular weight is 616 g/mol. The van der Waals surface area contributed by atoms with E-state index in [2.05, 4.69) is 58.5 Å². The number of amides is 2. The van der Waals surface area contributed by atoms with Crippen LogP contribution in [0.2, 0.25) is 0 Å². The molecule has 1 aliphatic heterocycles. The van der Waals surface area contributed by atoms with Crippen LogP contribution in [0.15, 0.2) is 59.5 Å². The van der Waals surface area contributed by atoms with Crippen molar-refractivity contribution in [2.45, 2.75) is 71.9 Å². The van der Waals surface area contributed by atoms with E-state index in [0.717, 1.165) is 16.9 Å². The summed E-state index contributed by atoms with van der Waals surface area (Å²) in [4.78, 5) is 36.3. The molecule has 3 rings (SSSR count). The normalized spacial score (nSPS) is 16.1. The summed E-state index contributed by atoms with van der Waals surface area (Å²) in [5, 5.41) is 11.9. The van der Waals surface area contributed by atoms with Gasteiger partial charge in [0.05, 0.1) is 12.6 Å². The molecule has 1 saturated heterocycles. The van der Waals surface area contributed by atoms with Crippen LogP contribution in [0, 0.1) is 34.4 Å². The molecule has 2 aromatic carbocycles. The molecule has 1 heterocycles. The molecule has 0 bridgehead atoms. The van der Waals surface area contributed by atoms with E-state index < -0.39 is 6.04 Å². The van der Waals surface area contributed by atoms with Crippen LogP contribution in [0.25, 0.3) is 0 Å². The number of carbonyl (C=O) groups excluding carboxylic acids is 3. The fraction of sp³-hybridized carbons (Fsp3) is 0.515. The highest BCUT2D eigenvalue weighted by molar-refractivity contribution is 7.97. The van der Waals surface area contributed by atoms with E-state index in [-0.39, 0.29) is 30.7 Å². The third-order valence-electron chi connectivity index (χ3n) is 5.80. The van der Waals surface area contributed by atoms with Crippen molar-refractivity contribution in [3.63, 3.8) is 0 Å². The third-order valence-corrected chi connectivity index (χ3v) is 6.80. The van der Waals surface area contributed by atoms with E-state index in [1.165, 1.54) is 29.0 Å². The SMILES string of the molecule is CC(C)(C)C.CC(C)C(C)NSc1ccc(F)cc1.CN(C=O)CC(=O)N1CC(C=O)CC1C#N.CNc1ccccc1. The quantitative estimate of drug-likeness (QED) is 0.253. The van der Waals surface area contributed by atoms with Crippen molar-refractivity contribution < 1.29 is 18.8 Å². The maximum atomic E-state index is 12.6. The number of halogens is 1. The molecule has 0 saturated carbocycles. The third kappa shape index (κ3) is 19.4. The first-order chi connectivity index (χ1) is 20.1. The standard InChI is InChI=1S/C11H16FNS.C10H13N3O3.C7H9N.C5H12/c1-8(2)9(3)13-14-11-6-4-10(12)5-7-11;1-12(7-15)5-10(16)13-4-8(6-14)2-9(13)3-11;1-8-7-5-3-2-4-6-7;1-5(2,3)4/h4-9,13H,1-3H3;6-9H,2,4-5H2,1H3;2-6,8H,1H3;1-4H3. The number of hydrogen-bond donors (Lipinski definition) is 2. The molecule has 238 valence electrons. The lowest BCUT2D eigenvalue weighted by molar-refractivity contribution is -0.135. The van der Waals surface area contributed by atoms with Gasteiger partial charge in [-0.25, -0.2) is 4.39 Å². The molecule has 0 aromatic heterocycles. The van der Waals surface area contributed by atoms with E-state index in [4.69, 9.17) is 5.26 Å². The fourth-order valence-electron chi connectivity index (χ4n) is 3.11. The Hall–Kier alpha value is -3.42. The molecule has 2 amide bonds. The van der Waals surface area contributed by atoms with Gasteiger partial charge in [-0.1, -0.05) is 59.7 Å². The number of benzene rings is 2. The van der Waals surface area contributed by atoms with Crippen molar-refractivity contribution in [3.8, 4) is 6.07 Å². The second-order valence-electron chi connectivity index (χ2n) is 12.2. The summed E-state index contributed by atoms with van der Waals surface area (Å²) in [6, 6.07) is 18.5. The number of nitriles is 1. The van der Waals surface area contributed by atoms with E-state index in [0.29, 0.717) is 30.2 Å². The van der Waals surface area contributed by atoms with Crippen molar-refractivity contribution in [2.75, 3.05) is 32.5 Å². The van der Waals surface area contributed by atoms with Gasteiger partial charge in [0, 0.05) is 43.2 Å². The highest BCUT2D eigenvalue weighted by atomic mass is 32.2. The highest BCUT2D eigenvalue weighted by Gasteiger charge is 2.35. The topological polar surface area (TPSA) is 106 Å². The second-order valence-corrected chi connectivity index (χ2v) is 13.1. The van der Waals surface area contributed by atoms with Crippen molar-refractivity contribution in [1.82, 2.24) is 14.5 Å². The Morgan fingerprint density at radius 3 is 2.09 bits per heavy atom. The Morgan fingerprint density at radius 2 is 1.67 bits per heavy atom. The molecule has 0 radical (unpaired) electrons. The zero-order chi connectivity index (χ0) is 33.0. The molecule has 3 atom stereocenters. The molecule has 1 fully saturated rings. The van der Waals surface area contributed by atoms with Crippen LogP contribution in [0.1, 0.15) is 54.9 Å². The van der Waals surface area contributed by atoms with Gasteiger partial charge in [0.25, 0.3) is 0 Å². The Balaban J connectivity index is 0.000000592. The molecule has 2 aromatic rings. The zero-order valence-corrected chi connectivity index (χ0v) is 28.0. The van der Waals surface area contributed by atoms with E-state index in [1.54, 1.807) is 24.1 Å². The molecule has 3 unspecified atom stereocenters. The maximum absolute atomic E-state index is 12.6. The predicted octanol–water partition coefficient (Wildman–Crippen LogP) is 6.26. The Morgan fingerprint density at radius 1 is 1.12 bits per heavy atom. The number of rotatable bonds is 9. The molecular formula is C33H50FN5O3S. The summed E-state index contributed by atoms with van der Waals surface area (Å²) in [5.74, 6) is -0.158. The molecule has 43 heavy (non-hydrogen) atoms. The lowest BCUT2D eigenvalue weighted by Crippen LogP contribution is -2.41. The van der Waals surface area contributed by atoms with Gasteiger partial charge < -0.3 is 19.9 Å².